The van der Waals surface area contributed by atoms with Crippen LogP contribution in [0.1, 0.15) is 17.5 Å². The lowest BCUT2D eigenvalue weighted by atomic mass is 10.1. The minimum Gasteiger partial charge on any atom is -0.496 e. The molecule has 0 bridgehead atoms. The lowest BCUT2D eigenvalue weighted by Gasteiger charge is -2.18. The number of hydrogen-bond donors (Lipinski definition) is 2. The van der Waals surface area contributed by atoms with Crippen molar-refractivity contribution in [2.75, 3.05) is 13.7 Å². The average molecular weight is 377 g/mol. The highest BCUT2D eigenvalue weighted by molar-refractivity contribution is 5.89. The third-order valence-electron chi connectivity index (χ3n) is 5.23. The maximum Gasteiger partial charge on any atom is 0.225 e. The zero-order chi connectivity index (χ0) is 19.5. The predicted octanol–water partition coefficient (Wildman–Crippen LogP) is 2.84. The Morgan fingerprint density at radius 1 is 1.25 bits per heavy atom. The molecule has 0 radical (unpaired) electrons. The summed E-state index contributed by atoms with van der Waals surface area (Å²) in [4.78, 5) is 29.9. The van der Waals surface area contributed by atoms with E-state index in [-0.39, 0.29) is 24.2 Å². The Balaban J connectivity index is 1.35. The smallest absolute Gasteiger partial charge is 0.225 e. The SMILES string of the molecule is COc1ccccc1CN1C[C@H](C(=O)NCc2ccc3cc[nH]c3c2)CC1=O. The fourth-order valence-corrected chi connectivity index (χ4v) is 3.68. The molecule has 1 aliphatic rings. The molecule has 1 saturated heterocycles. The summed E-state index contributed by atoms with van der Waals surface area (Å²) in [6, 6.07) is 15.7. The fourth-order valence-electron chi connectivity index (χ4n) is 3.68. The summed E-state index contributed by atoms with van der Waals surface area (Å²) in [6.07, 6.45) is 2.14. The average Bonchev–Trinajstić information content (AvgIpc) is 3.33. The Kier molecular flexibility index (Phi) is 5.02. The van der Waals surface area contributed by atoms with E-state index >= 15 is 0 Å². The molecule has 2 heterocycles. The second-order valence-electron chi connectivity index (χ2n) is 7.10. The summed E-state index contributed by atoms with van der Waals surface area (Å²) in [5.74, 6) is 0.348. The first-order valence-corrected chi connectivity index (χ1v) is 9.37. The highest BCUT2D eigenvalue weighted by atomic mass is 16.5. The molecule has 1 aliphatic heterocycles. The Labute approximate surface area is 163 Å². The molecule has 0 saturated carbocycles. The van der Waals surface area contributed by atoms with Crippen molar-refractivity contribution in [3.63, 3.8) is 0 Å². The number of carbonyl (C=O) groups excluding carboxylic acids is 2. The van der Waals surface area contributed by atoms with Crippen LogP contribution >= 0.6 is 0 Å². The van der Waals surface area contributed by atoms with Gasteiger partial charge in [-0.1, -0.05) is 30.3 Å². The molecule has 2 amide bonds. The first-order chi connectivity index (χ1) is 13.6. The number of aromatic amines is 1. The summed E-state index contributed by atoms with van der Waals surface area (Å²) >= 11 is 0. The molecule has 0 unspecified atom stereocenters. The zero-order valence-electron chi connectivity index (χ0n) is 15.8. The quantitative estimate of drug-likeness (QED) is 0.694. The molecule has 1 fully saturated rings. The number of amides is 2. The summed E-state index contributed by atoms with van der Waals surface area (Å²) in [5.41, 5.74) is 3.02. The molecule has 6 nitrogen and oxygen atoms in total. The molecule has 0 aliphatic carbocycles. The van der Waals surface area contributed by atoms with Gasteiger partial charge < -0.3 is 19.9 Å². The van der Waals surface area contributed by atoms with Gasteiger partial charge in [-0.15, -0.1) is 0 Å². The number of benzene rings is 2. The van der Waals surface area contributed by atoms with Crippen molar-refractivity contribution in [1.29, 1.82) is 0 Å². The largest absolute Gasteiger partial charge is 0.496 e. The van der Waals surface area contributed by atoms with Gasteiger partial charge >= 0.3 is 0 Å². The standard InChI is InChI=1S/C22H23N3O3/c1-28-20-5-3-2-4-17(20)13-25-14-18(11-21(25)26)22(27)24-12-15-6-7-16-8-9-23-19(16)10-15/h2-10,18,23H,11-14H2,1H3,(H,24,27)/t18-/m1/s1. The molecule has 144 valence electrons. The van der Waals surface area contributed by atoms with Crippen LogP contribution in [-0.4, -0.2) is 35.4 Å². The molecule has 28 heavy (non-hydrogen) atoms. The van der Waals surface area contributed by atoms with Gasteiger partial charge in [-0.25, -0.2) is 0 Å². The number of rotatable bonds is 6. The van der Waals surface area contributed by atoms with Gasteiger partial charge in [0.2, 0.25) is 11.8 Å². The Bertz CT molecular complexity index is 1010. The van der Waals surface area contributed by atoms with Crippen molar-refractivity contribution in [3.05, 3.63) is 65.9 Å². The summed E-state index contributed by atoms with van der Waals surface area (Å²) < 4.78 is 5.36. The van der Waals surface area contributed by atoms with E-state index in [1.807, 2.05) is 54.7 Å². The van der Waals surface area contributed by atoms with Crippen LogP contribution in [0.4, 0.5) is 0 Å². The van der Waals surface area contributed by atoms with E-state index in [2.05, 4.69) is 10.3 Å². The molecule has 1 aromatic heterocycles. The molecule has 2 aromatic carbocycles. The number of nitrogens with one attached hydrogen (secondary N) is 2. The number of ether oxygens (including phenoxy) is 1. The van der Waals surface area contributed by atoms with Gasteiger partial charge in [0.15, 0.2) is 0 Å². The zero-order valence-corrected chi connectivity index (χ0v) is 15.8. The lowest BCUT2D eigenvalue weighted by molar-refractivity contribution is -0.129. The maximum atomic E-state index is 12.6. The molecule has 0 spiro atoms. The van der Waals surface area contributed by atoms with Crippen LogP contribution in [0, 0.1) is 5.92 Å². The third kappa shape index (κ3) is 3.71. The predicted molar refractivity (Wildman–Crippen MR) is 107 cm³/mol. The lowest BCUT2D eigenvalue weighted by Crippen LogP contribution is -2.32. The van der Waals surface area contributed by atoms with E-state index in [4.69, 9.17) is 4.74 Å². The first-order valence-electron chi connectivity index (χ1n) is 9.37. The number of aromatic nitrogens is 1. The Morgan fingerprint density at radius 2 is 2.11 bits per heavy atom. The van der Waals surface area contributed by atoms with E-state index in [9.17, 15) is 9.59 Å². The van der Waals surface area contributed by atoms with E-state index in [1.165, 1.54) is 0 Å². The van der Waals surface area contributed by atoms with E-state index in [0.29, 0.717) is 19.6 Å². The molecule has 4 rings (SSSR count). The summed E-state index contributed by atoms with van der Waals surface area (Å²) in [5, 5.41) is 4.11. The van der Waals surface area contributed by atoms with Gasteiger partial charge in [0, 0.05) is 43.3 Å². The van der Waals surface area contributed by atoms with Gasteiger partial charge in [-0.2, -0.15) is 0 Å². The van der Waals surface area contributed by atoms with E-state index < -0.39 is 0 Å². The normalized spacial score (nSPS) is 16.5. The topological polar surface area (TPSA) is 74.4 Å². The number of nitrogens with zero attached hydrogens (tertiary/aromatic N) is 1. The van der Waals surface area contributed by atoms with Crippen LogP contribution in [-0.2, 0) is 22.7 Å². The van der Waals surface area contributed by atoms with Crippen molar-refractivity contribution in [2.24, 2.45) is 5.92 Å². The van der Waals surface area contributed by atoms with Gasteiger partial charge in [-0.3, -0.25) is 9.59 Å². The van der Waals surface area contributed by atoms with E-state index in [0.717, 1.165) is 27.8 Å². The van der Waals surface area contributed by atoms with Crippen molar-refractivity contribution < 1.29 is 14.3 Å². The molecule has 3 aromatic rings. The summed E-state index contributed by atoms with van der Waals surface area (Å²) in [7, 11) is 1.62. The van der Waals surface area contributed by atoms with E-state index in [1.54, 1.807) is 12.0 Å². The van der Waals surface area contributed by atoms with Crippen molar-refractivity contribution >= 4 is 22.7 Å². The number of methoxy groups -OCH3 is 1. The van der Waals surface area contributed by atoms with Crippen LogP contribution < -0.4 is 10.1 Å². The minimum absolute atomic E-state index is 0.00105. The van der Waals surface area contributed by atoms with Gasteiger partial charge in [0.25, 0.3) is 0 Å². The second kappa shape index (κ2) is 7.76. The van der Waals surface area contributed by atoms with Gasteiger partial charge in [-0.05, 0) is 29.1 Å². The minimum atomic E-state index is -0.323. The number of para-hydroxylation sites is 1. The molecule has 1 atom stereocenters. The first kappa shape index (κ1) is 18.1. The Hall–Kier alpha value is -3.28. The number of fused-ring (bicyclic) bond motifs is 1. The molecular weight excluding hydrogens is 354 g/mol. The molecular formula is C22H23N3O3. The highest BCUT2D eigenvalue weighted by Crippen LogP contribution is 2.25. The van der Waals surface area contributed by atoms with Crippen LogP contribution in [0.25, 0.3) is 10.9 Å². The van der Waals surface area contributed by atoms with Crippen LogP contribution in [0.3, 0.4) is 0 Å². The molecule has 2 N–H and O–H groups in total. The number of likely N-dealkylation sites (tertiary alicyclic amines) is 1. The monoisotopic (exact) mass is 377 g/mol. The van der Waals surface area contributed by atoms with Crippen LogP contribution in [0.5, 0.6) is 5.75 Å². The van der Waals surface area contributed by atoms with Crippen molar-refractivity contribution in [1.82, 2.24) is 15.2 Å². The second-order valence-corrected chi connectivity index (χ2v) is 7.10. The molecule has 6 heteroatoms. The van der Waals surface area contributed by atoms with Crippen molar-refractivity contribution in [2.45, 2.75) is 19.5 Å². The van der Waals surface area contributed by atoms with Gasteiger partial charge in [0.05, 0.1) is 13.0 Å². The number of carbonyl (C=O) groups is 2. The number of hydrogen-bond acceptors (Lipinski definition) is 3. The summed E-state index contributed by atoms with van der Waals surface area (Å²) in [6.45, 7) is 1.33. The highest BCUT2D eigenvalue weighted by Gasteiger charge is 2.34. The van der Waals surface area contributed by atoms with Crippen LogP contribution in [0.15, 0.2) is 54.7 Å². The van der Waals surface area contributed by atoms with Gasteiger partial charge in [0.1, 0.15) is 5.75 Å². The van der Waals surface area contributed by atoms with Crippen molar-refractivity contribution in [3.8, 4) is 5.75 Å². The number of H-pyrrole nitrogens is 1. The maximum absolute atomic E-state index is 12.6. The van der Waals surface area contributed by atoms with Crippen LogP contribution in [0.2, 0.25) is 0 Å². The fraction of sp³-hybridized carbons (Fsp3) is 0.273. The Morgan fingerprint density at radius 3 is 2.96 bits per heavy atom. The third-order valence-corrected chi connectivity index (χ3v) is 5.23.